The van der Waals surface area contributed by atoms with Gasteiger partial charge >= 0.3 is 0 Å². The van der Waals surface area contributed by atoms with Crippen molar-refractivity contribution in [3.8, 4) is 5.75 Å². The highest BCUT2D eigenvalue weighted by Crippen LogP contribution is 2.25. The smallest absolute Gasteiger partial charge is 0.127 e. The molecule has 1 N–H and O–H groups in total. The van der Waals surface area contributed by atoms with Gasteiger partial charge in [0.1, 0.15) is 18.5 Å². The van der Waals surface area contributed by atoms with Crippen LogP contribution in [0.1, 0.15) is 25.8 Å². The molecule has 3 nitrogen and oxygen atoms in total. The van der Waals surface area contributed by atoms with E-state index < -0.39 is 6.10 Å². The van der Waals surface area contributed by atoms with Gasteiger partial charge in [-0.3, -0.25) is 4.90 Å². The van der Waals surface area contributed by atoms with Gasteiger partial charge in [-0.05, 0) is 50.2 Å². The first-order valence-electron chi connectivity index (χ1n) is 10.2. The Balaban J connectivity index is 1.50. The van der Waals surface area contributed by atoms with Gasteiger partial charge in [0.25, 0.3) is 0 Å². The number of hydrogen-bond acceptors (Lipinski definition) is 3. The number of nitrogens with zero attached hydrogens (tertiary/aromatic N) is 1. The first-order chi connectivity index (χ1) is 13.6. The highest BCUT2D eigenvalue weighted by atomic mass is 16.5. The van der Waals surface area contributed by atoms with Gasteiger partial charge in [0.2, 0.25) is 0 Å². The number of benzene rings is 3. The van der Waals surface area contributed by atoms with Gasteiger partial charge in [-0.1, -0.05) is 66.7 Å². The monoisotopic (exact) mass is 377 g/mol. The van der Waals surface area contributed by atoms with E-state index in [2.05, 4.69) is 67.3 Å². The van der Waals surface area contributed by atoms with Crippen LogP contribution in [0.2, 0.25) is 0 Å². The molecule has 1 atom stereocenters. The van der Waals surface area contributed by atoms with Gasteiger partial charge in [0, 0.05) is 18.0 Å². The molecule has 0 aliphatic carbocycles. The topological polar surface area (TPSA) is 32.7 Å². The molecule has 0 aliphatic rings. The van der Waals surface area contributed by atoms with Crippen LogP contribution < -0.4 is 4.74 Å². The Labute approximate surface area is 168 Å². The molecule has 0 spiro atoms. The lowest BCUT2D eigenvalue weighted by Crippen LogP contribution is -2.40. The third-order valence-corrected chi connectivity index (χ3v) is 5.11. The third-order valence-electron chi connectivity index (χ3n) is 5.11. The molecule has 0 aliphatic heterocycles. The Morgan fingerprint density at radius 1 is 0.893 bits per heavy atom. The normalized spacial score (nSPS) is 12.6. The molecule has 3 aromatic carbocycles. The van der Waals surface area contributed by atoms with E-state index in [1.807, 2.05) is 24.3 Å². The second-order valence-electron chi connectivity index (χ2n) is 7.62. The number of fused-ring (bicyclic) bond motifs is 1. The maximum Gasteiger partial charge on any atom is 0.127 e. The van der Waals surface area contributed by atoms with E-state index >= 15 is 0 Å². The maximum atomic E-state index is 10.6. The van der Waals surface area contributed by atoms with Gasteiger partial charge in [0.05, 0.1) is 0 Å². The Hall–Kier alpha value is -2.36. The van der Waals surface area contributed by atoms with E-state index in [1.54, 1.807) is 0 Å². The van der Waals surface area contributed by atoms with Crippen molar-refractivity contribution in [1.29, 1.82) is 0 Å². The van der Waals surface area contributed by atoms with E-state index in [-0.39, 0.29) is 0 Å². The summed E-state index contributed by atoms with van der Waals surface area (Å²) in [5.74, 6) is 0.831. The van der Waals surface area contributed by atoms with Gasteiger partial charge in [-0.25, -0.2) is 0 Å². The molecule has 3 aromatic rings. The minimum Gasteiger partial charge on any atom is -0.490 e. The van der Waals surface area contributed by atoms with E-state index in [1.165, 1.54) is 5.56 Å². The molecule has 3 heteroatoms. The molecule has 0 heterocycles. The Morgan fingerprint density at radius 3 is 2.39 bits per heavy atom. The molecule has 0 fully saturated rings. The molecule has 1 unspecified atom stereocenters. The lowest BCUT2D eigenvalue weighted by molar-refractivity contribution is 0.0575. The Bertz CT molecular complexity index is 842. The van der Waals surface area contributed by atoms with Crippen LogP contribution in [0.4, 0.5) is 0 Å². The number of aryl methyl sites for hydroxylation is 1. The molecule has 28 heavy (non-hydrogen) atoms. The predicted octanol–water partition coefficient (Wildman–Crippen LogP) is 4.92. The molecule has 148 valence electrons. The van der Waals surface area contributed by atoms with Crippen LogP contribution in [-0.2, 0) is 6.42 Å². The maximum absolute atomic E-state index is 10.6. The number of rotatable bonds is 10. The van der Waals surface area contributed by atoms with E-state index in [0.29, 0.717) is 19.2 Å². The van der Waals surface area contributed by atoms with Crippen molar-refractivity contribution in [2.45, 2.75) is 38.8 Å². The van der Waals surface area contributed by atoms with Crippen LogP contribution in [0.5, 0.6) is 5.75 Å². The minimum atomic E-state index is -0.516. The van der Waals surface area contributed by atoms with Crippen LogP contribution in [-0.4, -0.2) is 41.8 Å². The van der Waals surface area contributed by atoms with Crippen LogP contribution >= 0.6 is 0 Å². The number of ether oxygens (including phenoxy) is 1. The summed E-state index contributed by atoms with van der Waals surface area (Å²) in [6.45, 7) is 6.26. The minimum absolute atomic E-state index is 0.302. The molecule has 3 rings (SSSR count). The molecule has 0 saturated heterocycles. The summed E-state index contributed by atoms with van der Waals surface area (Å²) in [6, 6.07) is 25.2. The first kappa shape index (κ1) is 20.4. The summed E-state index contributed by atoms with van der Waals surface area (Å²) in [6.07, 6.45) is 1.63. The lowest BCUT2D eigenvalue weighted by atomic mass is 10.1. The molecule has 0 radical (unpaired) electrons. The van der Waals surface area contributed by atoms with Crippen molar-refractivity contribution >= 4 is 10.8 Å². The SMILES string of the molecule is CC(C)N(CCCc1ccccc1)CC(O)COc1cccc2ccccc12. The summed E-state index contributed by atoms with van der Waals surface area (Å²) in [5.41, 5.74) is 1.37. The van der Waals surface area contributed by atoms with Gasteiger partial charge < -0.3 is 9.84 Å². The van der Waals surface area contributed by atoms with Crippen LogP contribution in [0.15, 0.2) is 72.8 Å². The zero-order valence-corrected chi connectivity index (χ0v) is 16.9. The zero-order valence-electron chi connectivity index (χ0n) is 16.9. The Kier molecular flexibility index (Phi) is 7.46. The summed E-state index contributed by atoms with van der Waals surface area (Å²) < 4.78 is 5.96. The fraction of sp³-hybridized carbons (Fsp3) is 0.360. The van der Waals surface area contributed by atoms with E-state index in [9.17, 15) is 5.11 Å². The fourth-order valence-corrected chi connectivity index (χ4v) is 3.52. The standard InChI is InChI=1S/C25H31NO2/c1-20(2)26(17-9-12-21-10-4-3-5-11-21)18-23(27)19-28-25-16-8-14-22-13-6-7-15-24(22)25/h3-8,10-11,13-16,20,23,27H,9,12,17-19H2,1-2H3. The second kappa shape index (κ2) is 10.3. The van der Waals surface area contributed by atoms with Crippen molar-refractivity contribution in [2.75, 3.05) is 19.7 Å². The van der Waals surface area contributed by atoms with Crippen molar-refractivity contribution in [3.05, 3.63) is 78.4 Å². The molecule has 0 amide bonds. The molecule has 0 bridgehead atoms. The van der Waals surface area contributed by atoms with Crippen LogP contribution in [0, 0.1) is 0 Å². The lowest BCUT2D eigenvalue weighted by Gasteiger charge is -2.28. The first-order valence-corrected chi connectivity index (χ1v) is 10.2. The Morgan fingerprint density at radius 2 is 1.61 bits per heavy atom. The van der Waals surface area contributed by atoms with Gasteiger partial charge in [-0.2, -0.15) is 0 Å². The van der Waals surface area contributed by atoms with Crippen LogP contribution in [0.3, 0.4) is 0 Å². The average molecular weight is 378 g/mol. The molecule has 0 saturated carbocycles. The molecular formula is C25H31NO2. The highest BCUT2D eigenvalue weighted by molar-refractivity contribution is 5.88. The van der Waals surface area contributed by atoms with Crippen LogP contribution in [0.25, 0.3) is 10.8 Å². The van der Waals surface area contributed by atoms with Crippen molar-refractivity contribution in [3.63, 3.8) is 0 Å². The number of aliphatic hydroxyl groups is 1. The van der Waals surface area contributed by atoms with Crippen molar-refractivity contribution in [1.82, 2.24) is 4.90 Å². The van der Waals surface area contributed by atoms with Gasteiger partial charge in [-0.15, -0.1) is 0 Å². The third kappa shape index (κ3) is 5.82. The highest BCUT2D eigenvalue weighted by Gasteiger charge is 2.15. The summed E-state index contributed by atoms with van der Waals surface area (Å²) >= 11 is 0. The van der Waals surface area contributed by atoms with Crippen molar-refractivity contribution in [2.24, 2.45) is 0 Å². The summed E-state index contributed by atoms with van der Waals surface area (Å²) in [7, 11) is 0. The summed E-state index contributed by atoms with van der Waals surface area (Å²) in [5, 5.41) is 12.8. The predicted molar refractivity (Wildman–Crippen MR) is 117 cm³/mol. The number of aliphatic hydroxyl groups excluding tert-OH is 1. The summed E-state index contributed by atoms with van der Waals surface area (Å²) in [4.78, 5) is 2.33. The zero-order chi connectivity index (χ0) is 19.8. The van der Waals surface area contributed by atoms with Crippen molar-refractivity contribution < 1.29 is 9.84 Å². The number of hydrogen-bond donors (Lipinski definition) is 1. The largest absolute Gasteiger partial charge is 0.490 e. The molecular weight excluding hydrogens is 346 g/mol. The molecule has 0 aromatic heterocycles. The van der Waals surface area contributed by atoms with E-state index in [0.717, 1.165) is 35.9 Å². The second-order valence-corrected chi connectivity index (χ2v) is 7.62. The fourth-order valence-electron chi connectivity index (χ4n) is 3.52. The van der Waals surface area contributed by atoms with Gasteiger partial charge in [0.15, 0.2) is 0 Å². The quantitative estimate of drug-likeness (QED) is 0.544. The average Bonchev–Trinajstić information content (AvgIpc) is 2.72. The van der Waals surface area contributed by atoms with E-state index in [4.69, 9.17) is 4.74 Å².